The van der Waals surface area contributed by atoms with E-state index in [1.807, 2.05) is 42.5 Å². The number of hydrogen-bond donors (Lipinski definition) is 1. The molecule has 1 aliphatic rings. The van der Waals surface area contributed by atoms with Gasteiger partial charge in [0, 0.05) is 44.3 Å². The first-order valence-electron chi connectivity index (χ1n) is 11.1. The third kappa shape index (κ3) is 5.81. The molecule has 0 aliphatic carbocycles. The van der Waals surface area contributed by atoms with Gasteiger partial charge in [-0.05, 0) is 42.3 Å². The summed E-state index contributed by atoms with van der Waals surface area (Å²) in [7, 11) is 2.16. The second kappa shape index (κ2) is 10.4. The Morgan fingerprint density at radius 2 is 1.58 bits per heavy atom. The Balaban J connectivity index is 1.20. The molecule has 0 aromatic heterocycles. The average molecular weight is 414 g/mol. The average Bonchev–Trinajstić information content (AvgIpc) is 3.29. The van der Waals surface area contributed by atoms with Crippen LogP contribution in [0.5, 0.6) is 0 Å². The molecular weight excluding hydrogens is 382 g/mol. The number of rotatable bonds is 8. The summed E-state index contributed by atoms with van der Waals surface area (Å²) in [5, 5.41) is 3.07. The highest BCUT2D eigenvalue weighted by Crippen LogP contribution is 2.19. The summed E-state index contributed by atoms with van der Waals surface area (Å²) < 4.78 is 0. The van der Waals surface area contributed by atoms with Crippen LogP contribution in [-0.2, 0) is 6.54 Å². The van der Waals surface area contributed by atoms with Gasteiger partial charge in [0.05, 0.1) is 0 Å². The zero-order chi connectivity index (χ0) is 21.5. The van der Waals surface area contributed by atoms with Crippen molar-refractivity contribution in [2.75, 3.05) is 33.2 Å². The first-order valence-corrected chi connectivity index (χ1v) is 11.1. The van der Waals surface area contributed by atoms with Crippen LogP contribution in [0.15, 0.2) is 84.9 Å². The van der Waals surface area contributed by atoms with E-state index in [9.17, 15) is 4.79 Å². The van der Waals surface area contributed by atoms with Gasteiger partial charge >= 0.3 is 0 Å². The van der Waals surface area contributed by atoms with Crippen molar-refractivity contribution in [3.63, 3.8) is 0 Å². The molecule has 1 fully saturated rings. The number of carbonyl (C=O) groups is 1. The van der Waals surface area contributed by atoms with E-state index in [0.717, 1.165) is 37.3 Å². The summed E-state index contributed by atoms with van der Waals surface area (Å²) >= 11 is 0. The lowest BCUT2D eigenvalue weighted by atomic mass is 10.0. The summed E-state index contributed by atoms with van der Waals surface area (Å²) in [6, 6.07) is 29.2. The molecule has 0 radical (unpaired) electrons. The van der Waals surface area contributed by atoms with Crippen LogP contribution in [0.4, 0.5) is 0 Å². The molecule has 1 aliphatic heterocycles. The highest BCUT2D eigenvalue weighted by molar-refractivity contribution is 5.94. The Bertz CT molecular complexity index is 957. The number of hydrogen-bond acceptors (Lipinski definition) is 3. The molecule has 160 valence electrons. The number of nitrogens with zero attached hydrogens (tertiary/aromatic N) is 2. The number of likely N-dealkylation sites (N-methyl/N-ethyl adjacent to an activating group) is 1. The zero-order valence-corrected chi connectivity index (χ0v) is 18.2. The Kier molecular flexibility index (Phi) is 7.13. The molecule has 0 saturated carbocycles. The van der Waals surface area contributed by atoms with Crippen LogP contribution in [0.3, 0.4) is 0 Å². The van der Waals surface area contributed by atoms with Gasteiger partial charge in [0.2, 0.25) is 0 Å². The van der Waals surface area contributed by atoms with Crippen molar-refractivity contribution in [3.05, 3.63) is 96.1 Å². The van der Waals surface area contributed by atoms with E-state index in [-0.39, 0.29) is 5.91 Å². The summed E-state index contributed by atoms with van der Waals surface area (Å²) in [5.41, 5.74) is 4.36. The SMILES string of the molecule is CN(CCNC(=O)c1ccc(-c2ccccc2)cc1)[C@@H]1CCN(Cc2ccccc2)C1. The molecule has 1 saturated heterocycles. The lowest BCUT2D eigenvalue weighted by Crippen LogP contribution is -2.40. The number of likely N-dealkylation sites (tertiary alicyclic amines) is 1. The van der Waals surface area contributed by atoms with E-state index in [4.69, 9.17) is 0 Å². The van der Waals surface area contributed by atoms with Gasteiger partial charge in [0.25, 0.3) is 5.91 Å². The Morgan fingerprint density at radius 1 is 0.935 bits per heavy atom. The first-order chi connectivity index (χ1) is 15.2. The van der Waals surface area contributed by atoms with Gasteiger partial charge in [-0.3, -0.25) is 9.69 Å². The molecule has 0 spiro atoms. The van der Waals surface area contributed by atoms with E-state index in [0.29, 0.717) is 18.2 Å². The quantitative estimate of drug-likeness (QED) is 0.598. The van der Waals surface area contributed by atoms with E-state index in [1.165, 1.54) is 12.0 Å². The fourth-order valence-electron chi connectivity index (χ4n) is 4.23. The lowest BCUT2D eigenvalue weighted by Gasteiger charge is -2.25. The van der Waals surface area contributed by atoms with E-state index in [1.54, 1.807) is 0 Å². The standard InChI is InChI=1S/C27H31N3O/c1-29(26-16-18-30(21-26)20-22-8-4-2-5-9-22)19-17-28-27(31)25-14-12-24(13-15-25)23-10-6-3-7-11-23/h2-15,26H,16-21H2,1H3,(H,28,31)/t26-/m1/s1. The Labute approximate surface area is 185 Å². The zero-order valence-electron chi connectivity index (χ0n) is 18.2. The summed E-state index contributed by atoms with van der Waals surface area (Å²) in [5.74, 6) is -0.00913. The van der Waals surface area contributed by atoms with Gasteiger partial charge in [-0.25, -0.2) is 0 Å². The Morgan fingerprint density at radius 3 is 2.29 bits per heavy atom. The van der Waals surface area contributed by atoms with Crippen LogP contribution in [0.2, 0.25) is 0 Å². The second-order valence-corrected chi connectivity index (χ2v) is 8.34. The van der Waals surface area contributed by atoms with Crippen LogP contribution < -0.4 is 5.32 Å². The summed E-state index contributed by atoms with van der Waals surface area (Å²) in [4.78, 5) is 17.4. The minimum absolute atomic E-state index is 0.00913. The maximum absolute atomic E-state index is 12.5. The number of carbonyl (C=O) groups excluding carboxylic acids is 1. The monoisotopic (exact) mass is 413 g/mol. The molecule has 31 heavy (non-hydrogen) atoms. The van der Waals surface area contributed by atoms with Gasteiger partial charge in [-0.2, -0.15) is 0 Å². The Hall–Kier alpha value is -2.95. The molecule has 4 heteroatoms. The van der Waals surface area contributed by atoms with Crippen molar-refractivity contribution >= 4 is 5.91 Å². The summed E-state index contributed by atoms with van der Waals surface area (Å²) in [6.07, 6.45) is 1.18. The lowest BCUT2D eigenvalue weighted by molar-refractivity contribution is 0.0947. The minimum atomic E-state index is -0.00913. The molecule has 4 nitrogen and oxygen atoms in total. The topological polar surface area (TPSA) is 35.6 Å². The number of benzene rings is 3. The smallest absolute Gasteiger partial charge is 0.251 e. The first kappa shape index (κ1) is 21.3. The molecule has 0 unspecified atom stereocenters. The highest BCUT2D eigenvalue weighted by atomic mass is 16.1. The number of amides is 1. The maximum atomic E-state index is 12.5. The number of nitrogens with one attached hydrogen (secondary N) is 1. The molecule has 0 bridgehead atoms. The van der Waals surface area contributed by atoms with Gasteiger partial charge in [0.15, 0.2) is 0 Å². The molecule has 1 heterocycles. The van der Waals surface area contributed by atoms with Crippen LogP contribution in [-0.4, -0.2) is 55.0 Å². The van der Waals surface area contributed by atoms with Crippen LogP contribution in [0.1, 0.15) is 22.3 Å². The molecule has 3 aromatic rings. The minimum Gasteiger partial charge on any atom is -0.351 e. The van der Waals surface area contributed by atoms with E-state index < -0.39 is 0 Å². The molecule has 1 N–H and O–H groups in total. The van der Waals surface area contributed by atoms with Crippen molar-refractivity contribution in [2.24, 2.45) is 0 Å². The van der Waals surface area contributed by atoms with Gasteiger partial charge in [0.1, 0.15) is 0 Å². The normalized spacial score (nSPS) is 16.5. The third-order valence-electron chi connectivity index (χ3n) is 6.12. The fraction of sp³-hybridized carbons (Fsp3) is 0.296. The van der Waals surface area contributed by atoms with E-state index >= 15 is 0 Å². The molecule has 1 amide bonds. The van der Waals surface area contributed by atoms with Gasteiger partial charge < -0.3 is 10.2 Å². The maximum Gasteiger partial charge on any atom is 0.251 e. The fourth-order valence-corrected chi connectivity index (χ4v) is 4.23. The molecular formula is C27H31N3O. The highest BCUT2D eigenvalue weighted by Gasteiger charge is 2.25. The van der Waals surface area contributed by atoms with Crippen molar-refractivity contribution in [1.29, 1.82) is 0 Å². The van der Waals surface area contributed by atoms with E-state index in [2.05, 4.69) is 64.6 Å². The molecule has 3 aromatic carbocycles. The van der Waals surface area contributed by atoms with Crippen molar-refractivity contribution in [1.82, 2.24) is 15.1 Å². The van der Waals surface area contributed by atoms with Crippen molar-refractivity contribution < 1.29 is 4.79 Å². The van der Waals surface area contributed by atoms with Gasteiger partial charge in [-0.15, -0.1) is 0 Å². The molecule has 4 rings (SSSR count). The molecule has 1 atom stereocenters. The van der Waals surface area contributed by atoms with Gasteiger partial charge in [-0.1, -0.05) is 72.8 Å². The predicted molar refractivity (Wildman–Crippen MR) is 127 cm³/mol. The largest absolute Gasteiger partial charge is 0.351 e. The van der Waals surface area contributed by atoms with Crippen LogP contribution in [0, 0.1) is 0 Å². The third-order valence-corrected chi connectivity index (χ3v) is 6.12. The summed E-state index contributed by atoms with van der Waals surface area (Å²) in [6.45, 7) is 4.74. The van der Waals surface area contributed by atoms with Crippen molar-refractivity contribution in [2.45, 2.75) is 19.0 Å². The van der Waals surface area contributed by atoms with Crippen molar-refractivity contribution in [3.8, 4) is 11.1 Å². The predicted octanol–water partition coefficient (Wildman–Crippen LogP) is 4.29. The van der Waals surface area contributed by atoms with Crippen LogP contribution in [0.25, 0.3) is 11.1 Å². The second-order valence-electron chi connectivity index (χ2n) is 8.34. The van der Waals surface area contributed by atoms with Crippen LogP contribution >= 0.6 is 0 Å².